The lowest BCUT2D eigenvalue weighted by Gasteiger charge is -2.26. The van der Waals surface area contributed by atoms with Crippen LogP contribution in [0.3, 0.4) is 0 Å². The van der Waals surface area contributed by atoms with Crippen molar-refractivity contribution in [3.05, 3.63) is 39.9 Å². The van der Waals surface area contributed by atoms with Crippen LogP contribution in [0.2, 0.25) is 0 Å². The minimum Gasteiger partial charge on any atom is -0.452 e. The molecule has 1 amide bonds. The first kappa shape index (κ1) is 18.8. The van der Waals surface area contributed by atoms with Gasteiger partial charge in [0, 0.05) is 24.7 Å². The van der Waals surface area contributed by atoms with Crippen LogP contribution in [0.5, 0.6) is 0 Å². The van der Waals surface area contributed by atoms with Crippen molar-refractivity contribution in [3.63, 3.8) is 0 Å². The SMILES string of the molecule is CCN(C(=O)COC(=O)c1cccc([N+](=O)[O-])c1)[C@@H]1CCS(=O)(=O)C1. The van der Waals surface area contributed by atoms with Crippen LogP contribution in [0.15, 0.2) is 24.3 Å². The van der Waals surface area contributed by atoms with Crippen LogP contribution in [-0.4, -0.2) is 60.8 Å². The van der Waals surface area contributed by atoms with E-state index in [4.69, 9.17) is 4.74 Å². The number of carbonyl (C=O) groups excluding carboxylic acids is 2. The molecule has 1 aliphatic heterocycles. The molecule has 0 aromatic heterocycles. The van der Waals surface area contributed by atoms with E-state index in [0.29, 0.717) is 13.0 Å². The summed E-state index contributed by atoms with van der Waals surface area (Å²) in [7, 11) is -3.14. The number of ether oxygens (including phenoxy) is 1. The van der Waals surface area contributed by atoms with Crippen LogP contribution in [0, 0.1) is 10.1 Å². The average Bonchev–Trinajstić information content (AvgIpc) is 2.93. The highest BCUT2D eigenvalue weighted by Gasteiger charge is 2.34. The first-order valence-corrected chi connectivity index (χ1v) is 9.47. The number of nitro groups is 1. The van der Waals surface area contributed by atoms with Gasteiger partial charge in [-0.05, 0) is 19.4 Å². The van der Waals surface area contributed by atoms with Gasteiger partial charge in [0.05, 0.1) is 22.0 Å². The summed E-state index contributed by atoms with van der Waals surface area (Å²) in [5, 5.41) is 10.7. The van der Waals surface area contributed by atoms with Gasteiger partial charge < -0.3 is 9.64 Å². The van der Waals surface area contributed by atoms with Crippen molar-refractivity contribution in [2.45, 2.75) is 19.4 Å². The summed E-state index contributed by atoms with van der Waals surface area (Å²) < 4.78 is 28.0. The number of amides is 1. The van der Waals surface area contributed by atoms with E-state index in [1.54, 1.807) is 6.92 Å². The van der Waals surface area contributed by atoms with Crippen molar-refractivity contribution in [1.82, 2.24) is 4.90 Å². The van der Waals surface area contributed by atoms with Gasteiger partial charge in [0.1, 0.15) is 0 Å². The molecule has 9 nitrogen and oxygen atoms in total. The number of sulfone groups is 1. The minimum atomic E-state index is -3.14. The van der Waals surface area contributed by atoms with Gasteiger partial charge in [0.15, 0.2) is 16.4 Å². The molecule has 1 aliphatic rings. The predicted octanol–water partition coefficient (Wildman–Crippen LogP) is 0.787. The molecule has 136 valence electrons. The smallest absolute Gasteiger partial charge is 0.338 e. The number of carbonyl (C=O) groups is 2. The highest BCUT2D eigenvalue weighted by atomic mass is 32.2. The van der Waals surface area contributed by atoms with Crippen molar-refractivity contribution < 1.29 is 27.7 Å². The Kier molecular flexibility index (Phi) is 5.73. The summed E-state index contributed by atoms with van der Waals surface area (Å²) in [5.41, 5.74) is -0.291. The van der Waals surface area contributed by atoms with Crippen LogP contribution in [0.1, 0.15) is 23.7 Å². The van der Waals surface area contributed by atoms with E-state index in [2.05, 4.69) is 0 Å². The third kappa shape index (κ3) is 4.75. The number of non-ortho nitro benzene ring substituents is 1. The molecule has 0 bridgehead atoms. The van der Waals surface area contributed by atoms with Crippen LogP contribution < -0.4 is 0 Å². The van der Waals surface area contributed by atoms with Crippen LogP contribution in [-0.2, 0) is 19.4 Å². The number of nitro benzene ring substituents is 1. The van der Waals surface area contributed by atoms with E-state index in [9.17, 15) is 28.1 Å². The maximum atomic E-state index is 12.2. The number of hydrogen-bond donors (Lipinski definition) is 0. The van der Waals surface area contributed by atoms with Gasteiger partial charge >= 0.3 is 5.97 Å². The Bertz CT molecular complexity index is 791. The molecular formula is C15H18N2O7S. The van der Waals surface area contributed by atoms with Crippen molar-refractivity contribution in [2.75, 3.05) is 24.7 Å². The molecule has 1 aromatic carbocycles. The van der Waals surface area contributed by atoms with Crippen molar-refractivity contribution in [3.8, 4) is 0 Å². The summed E-state index contributed by atoms with van der Waals surface area (Å²) in [6.45, 7) is 1.46. The summed E-state index contributed by atoms with van der Waals surface area (Å²) in [4.78, 5) is 35.6. The fourth-order valence-electron chi connectivity index (χ4n) is 2.70. The number of hydrogen-bond acceptors (Lipinski definition) is 7. The molecule has 1 fully saturated rings. The molecule has 0 saturated carbocycles. The molecule has 1 aromatic rings. The minimum absolute atomic E-state index is 0.0338. The van der Waals surface area contributed by atoms with Crippen molar-refractivity contribution in [2.24, 2.45) is 0 Å². The molecule has 1 heterocycles. The zero-order chi connectivity index (χ0) is 18.6. The van der Waals surface area contributed by atoms with E-state index < -0.39 is 39.3 Å². The normalized spacial score (nSPS) is 18.5. The maximum Gasteiger partial charge on any atom is 0.338 e. The summed E-state index contributed by atoms with van der Waals surface area (Å²) in [6, 6.07) is 4.58. The molecule has 1 atom stereocenters. The molecule has 0 radical (unpaired) electrons. The van der Waals surface area contributed by atoms with Gasteiger partial charge in [0.2, 0.25) is 0 Å². The highest BCUT2D eigenvalue weighted by molar-refractivity contribution is 7.91. The molecule has 1 saturated heterocycles. The summed E-state index contributed by atoms with van der Waals surface area (Å²) >= 11 is 0. The molecule has 2 rings (SSSR count). The largest absolute Gasteiger partial charge is 0.452 e. The Morgan fingerprint density at radius 3 is 2.68 bits per heavy atom. The topological polar surface area (TPSA) is 124 Å². The van der Waals surface area contributed by atoms with Gasteiger partial charge in [0.25, 0.3) is 11.6 Å². The fourth-order valence-corrected chi connectivity index (χ4v) is 4.43. The Morgan fingerprint density at radius 1 is 1.40 bits per heavy atom. The third-order valence-electron chi connectivity index (χ3n) is 3.93. The van der Waals surface area contributed by atoms with Crippen LogP contribution in [0.4, 0.5) is 5.69 Å². The monoisotopic (exact) mass is 370 g/mol. The standard InChI is InChI=1S/C15H18N2O7S/c1-2-16(13-6-7-25(22,23)10-13)14(18)9-24-15(19)11-4-3-5-12(8-11)17(20)21/h3-5,8,13H,2,6-7,9-10H2,1H3/t13-/m1/s1. The van der Waals surface area contributed by atoms with Gasteiger partial charge in [-0.1, -0.05) is 6.07 Å². The number of rotatable bonds is 6. The molecule has 0 aliphatic carbocycles. The molecule has 25 heavy (non-hydrogen) atoms. The van der Waals surface area contributed by atoms with E-state index in [1.807, 2.05) is 0 Å². The number of benzene rings is 1. The molecule has 10 heteroatoms. The lowest BCUT2D eigenvalue weighted by molar-refractivity contribution is -0.384. The Morgan fingerprint density at radius 2 is 2.12 bits per heavy atom. The lowest BCUT2D eigenvalue weighted by atomic mass is 10.2. The lowest BCUT2D eigenvalue weighted by Crippen LogP contribution is -2.43. The second kappa shape index (κ2) is 7.60. The first-order chi connectivity index (χ1) is 11.7. The average molecular weight is 370 g/mol. The zero-order valence-corrected chi connectivity index (χ0v) is 14.4. The Balaban J connectivity index is 1.97. The van der Waals surface area contributed by atoms with Gasteiger partial charge in [-0.2, -0.15) is 0 Å². The second-order valence-electron chi connectivity index (χ2n) is 5.62. The summed E-state index contributed by atoms with van der Waals surface area (Å²) in [5.74, 6) is -1.41. The van der Waals surface area contributed by atoms with Crippen LogP contribution >= 0.6 is 0 Å². The first-order valence-electron chi connectivity index (χ1n) is 7.65. The van der Waals surface area contributed by atoms with Gasteiger partial charge in [-0.15, -0.1) is 0 Å². The highest BCUT2D eigenvalue weighted by Crippen LogP contribution is 2.18. The van der Waals surface area contributed by atoms with E-state index in [0.717, 1.165) is 6.07 Å². The molecule has 0 unspecified atom stereocenters. The quantitative estimate of drug-likeness (QED) is 0.412. The molecule has 0 N–H and O–H groups in total. The Labute approximate surface area is 144 Å². The van der Waals surface area contributed by atoms with Gasteiger partial charge in [-0.25, -0.2) is 13.2 Å². The number of nitrogens with zero attached hydrogens (tertiary/aromatic N) is 2. The van der Waals surface area contributed by atoms with E-state index in [1.165, 1.54) is 23.1 Å². The predicted molar refractivity (Wildman–Crippen MR) is 87.8 cm³/mol. The van der Waals surface area contributed by atoms with Crippen LogP contribution in [0.25, 0.3) is 0 Å². The van der Waals surface area contributed by atoms with Crippen molar-refractivity contribution in [1.29, 1.82) is 0 Å². The Hall–Kier alpha value is -2.49. The van der Waals surface area contributed by atoms with Crippen molar-refractivity contribution >= 4 is 27.4 Å². The zero-order valence-electron chi connectivity index (χ0n) is 13.6. The van der Waals surface area contributed by atoms with E-state index >= 15 is 0 Å². The maximum absolute atomic E-state index is 12.2. The number of esters is 1. The summed E-state index contributed by atoms with van der Waals surface area (Å²) in [6.07, 6.45) is 0.362. The van der Waals surface area contributed by atoms with E-state index in [-0.39, 0.29) is 22.8 Å². The van der Waals surface area contributed by atoms with Gasteiger partial charge in [-0.3, -0.25) is 14.9 Å². The second-order valence-corrected chi connectivity index (χ2v) is 7.85. The molecule has 0 spiro atoms. The number of likely N-dealkylation sites (N-methyl/N-ethyl adjacent to an activating group) is 1. The third-order valence-corrected chi connectivity index (χ3v) is 5.68. The molecular weight excluding hydrogens is 352 g/mol. The fraction of sp³-hybridized carbons (Fsp3) is 0.467.